The van der Waals surface area contributed by atoms with Gasteiger partial charge in [-0.2, -0.15) is 0 Å². The molecule has 2 nitrogen and oxygen atoms in total. The summed E-state index contributed by atoms with van der Waals surface area (Å²) in [5.74, 6) is 0.167. The van der Waals surface area contributed by atoms with E-state index in [0.717, 1.165) is 12.0 Å². The second-order valence-corrected chi connectivity index (χ2v) is 5.41. The van der Waals surface area contributed by atoms with Crippen molar-refractivity contribution in [2.75, 3.05) is 0 Å². The summed E-state index contributed by atoms with van der Waals surface area (Å²) < 4.78 is 0. The van der Waals surface area contributed by atoms with Gasteiger partial charge >= 0.3 is 0 Å². The quantitative estimate of drug-likeness (QED) is 0.843. The number of rotatable bonds is 5. The van der Waals surface area contributed by atoms with Gasteiger partial charge in [-0.25, -0.2) is 0 Å². The molecule has 1 atom stereocenters. The summed E-state index contributed by atoms with van der Waals surface area (Å²) in [5, 5.41) is 13.8. The van der Waals surface area contributed by atoms with E-state index in [1.807, 2.05) is 12.1 Å². The first-order chi connectivity index (χ1) is 9.61. The zero-order valence-corrected chi connectivity index (χ0v) is 12.6. The molecule has 0 fully saturated rings. The molecule has 2 rings (SSSR count). The van der Waals surface area contributed by atoms with Gasteiger partial charge in [0.15, 0.2) is 0 Å². The Bertz CT molecular complexity index is 566. The molecule has 0 aliphatic heterocycles. The van der Waals surface area contributed by atoms with Crippen LogP contribution in [-0.2, 0) is 6.54 Å². The summed E-state index contributed by atoms with van der Waals surface area (Å²) in [5.41, 5.74) is 3.35. The average Bonchev–Trinajstić information content (AvgIpc) is 2.45. The Balaban J connectivity index is 2.07. The molecule has 3 heteroatoms. The average molecular weight is 290 g/mol. The molecule has 0 bridgehead atoms. The van der Waals surface area contributed by atoms with Crippen molar-refractivity contribution < 1.29 is 5.11 Å². The number of benzene rings is 2. The molecule has 2 aromatic rings. The zero-order chi connectivity index (χ0) is 14.5. The number of para-hydroxylation sites is 1. The lowest BCUT2D eigenvalue weighted by Gasteiger charge is -2.18. The molecule has 0 heterocycles. The minimum absolute atomic E-state index is 0.167. The standard InChI is InChI=1S/C17H20ClNO/c1-3-16(13-9-7-12(2)8-10-13)19-11-14-5-4-6-15(18)17(14)20/h4-10,16,19-20H,3,11H2,1-2H3. The largest absolute Gasteiger partial charge is 0.506 e. The third kappa shape index (κ3) is 3.53. The number of aryl methyl sites for hydroxylation is 1. The van der Waals surface area contributed by atoms with Gasteiger partial charge in [0.05, 0.1) is 5.02 Å². The molecule has 2 aromatic carbocycles. The highest BCUT2D eigenvalue weighted by molar-refractivity contribution is 6.32. The van der Waals surface area contributed by atoms with Crippen LogP contribution >= 0.6 is 11.6 Å². The molecule has 20 heavy (non-hydrogen) atoms. The van der Waals surface area contributed by atoms with Crippen molar-refractivity contribution in [3.63, 3.8) is 0 Å². The molecule has 106 valence electrons. The molecule has 0 saturated carbocycles. The summed E-state index contributed by atoms with van der Waals surface area (Å²) in [4.78, 5) is 0. The van der Waals surface area contributed by atoms with E-state index in [2.05, 4.69) is 43.4 Å². The van der Waals surface area contributed by atoms with Gasteiger partial charge in [0.2, 0.25) is 0 Å². The summed E-state index contributed by atoms with van der Waals surface area (Å²) in [6, 6.07) is 14.2. The number of hydrogen-bond acceptors (Lipinski definition) is 2. The smallest absolute Gasteiger partial charge is 0.138 e. The maximum absolute atomic E-state index is 9.92. The van der Waals surface area contributed by atoms with Crippen LogP contribution in [-0.4, -0.2) is 5.11 Å². The van der Waals surface area contributed by atoms with E-state index in [4.69, 9.17) is 11.6 Å². The minimum atomic E-state index is 0.167. The van der Waals surface area contributed by atoms with E-state index >= 15 is 0 Å². The topological polar surface area (TPSA) is 32.3 Å². The van der Waals surface area contributed by atoms with Crippen molar-refractivity contribution >= 4 is 11.6 Å². The van der Waals surface area contributed by atoms with Crippen molar-refractivity contribution in [2.24, 2.45) is 0 Å². The third-order valence-electron chi connectivity index (χ3n) is 3.50. The summed E-state index contributed by atoms with van der Waals surface area (Å²) in [7, 11) is 0. The predicted molar refractivity (Wildman–Crippen MR) is 84.2 cm³/mol. The molecule has 0 amide bonds. The van der Waals surface area contributed by atoms with Crippen LogP contribution in [0.2, 0.25) is 5.02 Å². The highest BCUT2D eigenvalue weighted by Crippen LogP contribution is 2.27. The van der Waals surface area contributed by atoms with E-state index in [0.29, 0.717) is 11.6 Å². The van der Waals surface area contributed by atoms with Crippen molar-refractivity contribution in [1.82, 2.24) is 5.32 Å². The summed E-state index contributed by atoms with van der Waals surface area (Å²) >= 11 is 5.92. The molecule has 0 spiro atoms. The molecular weight excluding hydrogens is 270 g/mol. The van der Waals surface area contributed by atoms with Crippen molar-refractivity contribution in [1.29, 1.82) is 0 Å². The van der Waals surface area contributed by atoms with Crippen LogP contribution in [0.3, 0.4) is 0 Å². The number of aromatic hydroxyl groups is 1. The number of hydrogen-bond donors (Lipinski definition) is 2. The van der Waals surface area contributed by atoms with Crippen molar-refractivity contribution in [2.45, 2.75) is 32.9 Å². The van der Waals surface area contributed by atoms with Crippen molar-refractivity contribution in [3.05, 3.63) is 64.2 Å². The Morgan fingerprint density at radius 2 is 1.85 bits per heavy atom. The Kier molecular flexibility index (Phi) is 5.05. The van der Waals surface area contributed by atoms with Gasteiger partial charge in [-0.3, -0.25) is 0 Å². The van der Waals surface area contributed by atoms with E-state index in [9.17, 15) is 5.11 Å². The molecule has 2 N–H and O–H groups in total. The van der Waals surface area contributed by atoms with Crippen LogP contribution in [0, 0.1) is 6.92 Å². The molecule has 0 radical (unpaired) electrons. The lowest BCUT2D eigenvalue weighted by Crippen LogP contribution is -2.20. The molecular formula is C17H20ClNO. The van der Waals surface area contributed by atoms with E-state index < -0.39 is 0 Å². The van der Waals surface area contributed by atoms with Gasteiger partial charge in [0, 0.05) is 18.2 Å². The Hall–Kier alpha value is -1.51. The van der Waals surface area contributed by atoms with Gasteiger partial charge in [-0.05, 0) is 25.0 Å². The fraction of sp³-hybridized carbons (Fsp3) is 0.294. The first-order valence-corrected chi connectivity index (χ1v) is 7.26. The maximum atomic E-state index is 9.92. The van der Waals surface area contributed by atoms with Crippen LogP contribution in [0.25, 0.3) is 0 Å². The number of phenolic OH excluding ortho intramolecular Hbond substituents is 1. The lowest BCUT2D eigenvalue weighted by molar-refractivity contribution is 0.455. The number of halogens is 1. The SMILES string of the molecule is CCC(NCc1cccc(Cl)c1O)c1ccc(C)cc1. The first kappa shape index (κ1) is 14.9. The lowest BCUT2D eigenvalue weighted by atomic mass is 10.0. The Morgan fingerprint density at radius 3 is 2.50 bits per heavy atom. The second kappa shape index (κ2) is 6.78. The monoisotopic (exact) mass is 289 g/mol. The predicted octanol–water partition coefficient (Wildman–Crippen LogP) is 4.59. The highest BCUT2D eigenvalue weighted by atomic mass is 35.5. The Labute approximate surface area is 125 Å². The van der Waals surface area contributed by atoms with E-state index in [1.165, 1.54) is 11.1 Å². The molecule has 0 aromatic heterocycles. The van der Waals surface area contributed by atoms with Crippen LogP contribution in [0.4, 0.5) is 0 Å². The first-order valence-electron chi connectivity index (χ1n) is 6.88. The zero-order valence-electron chi connectivity index (χ0n) is 11.9. The van der Waals surface area contributed by atoms with Crippen LogP contribution in [0.1, 0.15) is 36.1 Å². The van der Waals surface area contributed by atoms with Gasteiger partial charge in [0.25, 0.3) is 0 Å². The fourth-order valence-electron chi connectivity index (χ4n) is 2.23. The normalized spacial score (nSPS) is 12.3. The third-order valence-corrected chi connectivity index (χ3v) is 3.80. The summed E-state index contributed by atoms with van der Waals surface area (Å²) in [6.45, 7) is 4.83. The van der Waals surface area contributed by atoms with Crippen LogP contribution in [0.5, 0.6) is 5.75 Å². The van der Waals surface area contributed by atoms with Gasteiger partial charge in [0.1, 0.15) is 5.75 Å². The summed E-state index contributed by atoms with van der Waals surface area (Å²) in [6.07, 6.45) is 0.990. The Morgan fingerprint density at radius 1 is 1.15 bits per heavy atom. The van der Waals surface area contributed by atoms with E-state index in [-0.39, 0.29) is 11.8 Å². The molecule has 1 unspecified atom stereocenters. The van der Waals surface area contributed by atoms with Crippen LogP contribution in [0.15, 0.2) is 42.5 Å². The van der Waals surface area contributed by atoms with Crippen LogP contribution < -0.4 is 5.32 Å². The number of nitrogens with one attached hydrogen (secondary N) is 1. The van der Waals surface area contributed by atoms with E-state index in [1.54, 1.807) is 6.07 Å². The van der Waals surface area contributed by atoms with Gasteiger partial charge in [-0.1, -0.05) is 60.5 Å². The highest BCUT2D eigenvalue weighted by Gasteiger charge is 2.10. The van der Waals surface area contributed by atoms with Crippen molar-refractivity contribution in [3.8, 4) is 5.75 Å². The van der Waals surface area contributed by atoms with Gasteiger partial charge in [-0.15, -0.1) is 0 Å². The van der Waals surface area contributed by atoms with Gasteiger partial charge < -0.3 is 10.4 Å². The molecule has 0 saturated heterocycles. The number of phenols is 1. The second-order valence-electron chi connectivity index (χ2n) is 5.00. The minimum Gasteiger partial charge on any atom is -0.506 e. The maximum Gasteiger partial charge on any atom is 0.138 e. The molecule has 0 aliphatic rings. The molecule has 0 aliphatic carbocycles. The fourth-order valence-corrected chi connectivity index (χ4v) is 2.43.